The lowest BCUT2D eigenvalue weighted by molar-refractivity contribution is -0.111. The van der Waals surface area contributed by atoms with Gasteiger partial charge < -0.3 is 9.73 Å². The monoisotopic (exact) mass is 349 g/mol. The lowest BCUT2D eigenvalue weighted by Gasteiger charge is -1.99. The molecule has 6 nitrogen and oxygen atoms in total. The summed E-state index contributed by atoms with van der Waals surface area (Å²) in [6.45, 7) is 3.83. The van der Waals surface area contributed by atoms with Crippen LogP contribution in [0.1, 0.15) is 34.4 Å². The van der Waals surface area contributed by atoms with E-state index in [-0.39, 0.29) is 11.7 Å². The van der Waals surface area contributed by atoms with Gasteiger partial charge in [0.1, 0.15) is 5.76 Å². The number of ketones is 1. The molecule has 2 aromatic heterocycles. The number of nitrogens with one attached hydrogen (secondary N) is 1. The van der Waals surface area contributed by atoms with Crippen LogP contribution in [0, 0.1) is 6.92 Å². The fraction of sp³-hybridized carbons (Fsp3) is 0.150. The summed E-state index contributed by atoms with van der Waals surface area (Å²) in [6, 6.07) is 13.0. The van der Waals surface area contributed by atoms with Gasteiger partial charge in [-0.3, -0.25) is 14.3 Å². The Morgan fingerprint density at radius 2 is 2.08 bits per heavy atom. The largest absolute Gasteiger partial charge is 0.456 e. The van der Waals surface area contributed by atoms with Gasteiger partial charge in [0, 0.05) is 25.3 Å². The molecular formula is C20H19N3O3. The second kappa shape index (κ2) is 7.65. The number of carbonyl (C=O) groups excluding carboxylic acids is 2. The molecule has 2 heterocycles. The topological polar surface area (TPSA) is 77.1 Å². The number of hydrogen-bond donors (Lipinski definition) is 1. The SMILES string of the molecule is CC(=O)c1ccc(Cn2ccc(NC(=O)/C=C/c3cccc(C)c3)n2)o1. The van der Waals surface area contributed by atoms with Gasteiger partial charge in [-0.25, -0.2) is 0 Å². The Morgan fingerprint density at radius 1 is 1.23 bits per heavy atom. The highest BCUT2D eigenvalue weighted by Crippen LogP contribution is 2.12. The van der Waals surface area contributed by atoms with Crippen molar-refractivity contribution in [3.05, 3.63) is 77.4 Å². The number of rotatable bonds is 6. The average Bonchev–Trinajstić information content (AvgIpc) is 3.23. The number of benzene rings is 1. The number of nitrogens with zero attached hydrogens (tertiary/aromatic N) is 2. The molecule has 0 bridgehead atoms. The van der Waals surface area contributed by atoms with Crippen molar-refractivity contribution in [1.29, 1.82) is 0 Å². The first-order chi connectivity index (χ1) is 12.5. The molecular weight excluding hydrogens is 330 g/mol. The van der Waals surface area contributed by atoms with E-state index in [1.54, 1.807) is 35.2 Å². The van der Waals surface area contributed by atoms with Crippen LogP contribution < -0.4 is 5.32 Å². The minimum Gasteiger partial charge on any atom is -0.456 e. The number of aryl methyl sites for hydroxylation is 1. The summed E-state index contributed by atoms with van der Waals surface area (Å²) in [4.78, 5) is 23.3. The molecule has 0 fully saturated rings. The van der Waals surface area contributed by atoms with E-state index in [1.807, 2.05) is 31.2 Å². The highest BCUT2D eigenvalue weighted by Gasteiger charge is 2.08. The van der Waals surface area contributed by atoms with Crippen LogP contribution >= 0.6 is 0 Å². The second-order valence-electron chi connectivity index (χ2n) is 5.96. The van der Waals surface area contributed by atoms with Crippen LogP contribution in [0.3, 0.4) is 0 Å². The number of aromatic nitrogens is 2. The van der Waals surface area contributed by atoms with E-state index in [1.165, 1.54) is 13.0 Å². The first kappa shape index (κ1) is 17.4. The van der Waals surface area contributed by atoms with E-state index in [0.717, 1.165) is 11.1 Å². The van der Waals surface area contributed by atoms with Crippen molar-refractivity contribution >= 4 is 23.6 Å². The van der Waals surface area contributed by atoms with Crippen LogP contribution in [0.5, 0.6) is 0 Å². The van der Waals surface area contributed by atoms with Gasteiger partial charge in [0.25, 0.3) is 0 Å². The van der Waals surface area contributed by atoms with Crippen molar-refractivity contribution in [2.75, 3.05) is 5.32 Å². The third-order valence-corrected chi connectivity index (χ3v) is 3.69. The van der Waals surface area contributed by atoms with Crippen LogP contribution in [0.25, 0.3) is 6.08 Å². The highest BCUT2D eigenvalue weighted by atomic mass is 16.3. The van der Waals surface area contributed by atoms with Gasteiger partial charge in [0.05, 0.1) is 6.54 Å². The molecule has 1 N–H and O–H groups in total. The standard InChI is InChI=1S/C20H19N3O3/c1-14-4-3-5-16(12-14)6-9-20(25)21-19-10-11-23(22-19)13-17-7-8-18(26-17)15(2)24/h3-12H,13H2,1-2H3,(H,21,22,25)/b9-6+. The Kier molecular flexibility index (Phi) is 5.12. The zero-order valence-electron chi connectivity index (χ0n) is 14.6. The lowest BCUT2D eigenvalue weighted by Crippen LogP contribution is -2.09. The molecule has 26 heavy (non-hydrogen) atoms. The lowest BCUT2D eigenvalue weighted by atomic mass is 10.1. The van der Waals surface area contributed by atoms with Crippen LogP contribution in [0.2, 0.25) is 0 Å². The van der Waals surface area contributed by atoms with Crippen LogP contribution in [0.4, 0.5) is 5.82 Å². The first-order valence-corrected chi connectivity index (χ1v) is 8.18. The molecule has 0 saturated heterocycles. The van der Waals surface area contributed by atoms with Gasteiger partial charge in [-0.2, -0.15) is 5.10 Å². The molecule has 0 unspecified atom stereocenters. The van der Waals surface area contributed by atoms with Crippen LogP contribution in [-0.4, -0.2) is 21.5 Å². The molecule has 3 rings (SSSR count). The summed E-state index contributed by atoms with van der Waals surface area (Å²) in [5.41, 5.74) is 2.10. The normalized spacial score (nSPS) is 11.0. The van der Waals surface area contributed by atoms with Crippen molar-refractivity contribution in [3.63, 3.8) is 0 Å². The molecule has 0 radical (unpaired) electrons. The van der Waals surface area contributed by atoms with E-state index >= 15 is 0 Å². The van der Waals surface area contributed by atoms with Crippen molar-refractivity contribution in [1.82, 2.24) is 9.78 Å². The summed E-state index contributed by atoms with van der Waals surface area (Å²) in [5.74, 6) is 1.01. The number of hydrogen-bond acceptors (Lipinski definition) is 4. The van der Waals surface area contributed by atoms with Gasteiger partial charge in [0.2, 0.25) is 5.91 Å². The predicted octanol–water partition coefficient (Wildman–Crippen LogP) is 3.69. The Balaban J connectivity index is 1.59. The molecule has 1 amide bonds. The zero-order chi connectivity index (χ0) is 18.5. The van der Waals surface area contributed by atoms with Crippen molar-refractivity contribution < 1.29 is 14.0 Å². The van der Waals surface area contributed by atoms with E-state index in [0.29, 0.717) is 23.9 Å². The number of Topliss-reactive ketones (excluding diaryl/α,β-unsaturated/α-hetero) is 1. The van der Waals surface area contributed by atoms with Crippen molar-refractivity contribution in [3.8, 4) is 0 Å². The van der Waals surface area contributed by atoms with E-state index in [4.69, 9.17) is 4.42 Å². The summed E-state index contributed by atoms with van der Waals surface area (Å²) in [5, 5.41) is 6.99. The Labute approximate surface area is 151 Å². The molecule has 0 saturated carbocycles. The van der Waals surface area contributed by atoms with Gasteiger partial charge in [-0.1, -0.05) is 29.8 Å². The average molecular weight is 349 g/mol. The smallest absolute Gasteiger partial charge is 0.249 e. The number of amides is 1. The Morgan fingerprint density at radius 3 is 2.81 bits per heavy atom. The molecule has 0 aliphatic rings. The van der Waals surface area contributed by atoms with Gasteiger partial charge in [-0.15, -0.1) is 0 Å². The molecule has 0 atom stereocenters. The van der Waals surface area contributed by atoms with Crippen LogP contribution in [-0.2, 0) is 11.3 Å². The maximum Gasteiger partial charge on any atom is 0.249 e. The summed E-state index contributed by atoms with van der Waals surface area (Å²) in [7, 11) is 0. The molecule has 0 aliphatic heterocycles. The Bertz CT molecular complexity index is 966. The molecule has 0 spiro atoms. The van der Waals surface area contributed by atoms with Crippen molar-refractivity contribution in [2.24, 2.45) is 0 Å². The van der Waals surface area contributed by atoms with Gasteiger partial charge in [-0.05, 0) is 30.7 Å². The van der Waals surface area contributed by atoms with E-state index in [9.17, 15) is 9.59 Å². The number of carbonyl (C=O) groups is 2. The maximum atomic E-state index is 12.0. The molecule has 3 aromatic rings. The van der Waals surface area contributed by atoms with Gasteiger partial charge >= 0.3 is 0 Å². The summed E-state index contributed by atoms with van der Waals surface area (Å²) in [6.07, 6.45) is 4.96. The quantitative estimate of drug-likeness (QED) is 0.544. The molecule has 1 aromatic carbocycles. The maximum absolute atomic E-state index is 12.0. The first-order valence-electron chi connectivity index (χ1n) is 8.18. The molecule has 6 heteroatoms. The number of anilines is 1. The van der Waals surface area contributed by atoms with Crippen LogP contribution in [0.15, 0.2) is 59.2 Å². The Hall–Kier alpha value is -3.41. The van der Waals surface area contributed by atoms with Crippen molar-refractivity contribution in [2.45, 2.75) is 20.4 Å². The molecule has 0 aliphatic carbocycles. The second-order valence-corrected chi connectivity index (χ2v) is 5.96. The summed E-state index contributed by atoms with van der Waals surface area (Å²) < 4.78 is 7.06. The minimum atomic E-state index is -0.256. The predicted molar refractivity (Wildman–Crippen MR) is 98.9 cm³/mol. The fourth-order valence-corrected chi connectivity index (χ4v) is 2.44. The number of furan rings is 1. The molecule has 132 valence electrons. The van der Waals surface area contributed by atoms with E-state index in [2.05, 4.69) is 10.4 Å². The minimum absolute atomic E-state index is 0.120. The highest BCUT2D eigenvalue weighted by molar-refractivity contribution is 6.01. The third kappa shape index (κ3) is 4.57. The summed E-state index contributed by atoms with van der Waals surface area (Å²) >= 11 is 0. The third-order valence-electron chi connectivity index (χ3n) is 3.69. The fourth-order valence-electron chi connectivity index (χ4n) is 2.44. The zero-order valence-corrected chi connectivity index (χ0v) is 14.6. The van der Waals surface area contributed by atoms with E-state index < -0.39 is 0 Å². The van der Waals surface area contributed by atoms with Gasteiger partial charge in [0.15, 0.2) is 17.4 Å².